The second kappa shape index (κ2) is 11.6. The monoisotopic (exact) mass is 422 g/mol. The maximum absolute atomic E-state index is 13.5. The number of guanidine groups is 1. The minimum absolute atomic E-state index is 0. The van der Waals surface area contributed by atoms with Gasteiger partial charge in [0.2, 0.25) is 0 Å². The highest BCUT2D eigenvalue weighted by Gasteiger charge is 2.07. The molecule has 0 spiro atoms. The van der Waals surface area contributed by atoms with Crippen LogP contribution in [0, 0.1) is 5.82 Å². The Morgan fingerprint density at radius 2 is 1.95 bits per heavy atom. The first-order valence-corrected chi connectivity index (χ1v) is 7.50. The average molecular weight is 422 g/mol. The fraction of sp³-hybridized carbons (Fsp3) is 0.562. The van der Waals surface area contributed by atoms with Gasteiger partial charge in [0.15, 0.2) is 5.96 Å². The highest BCUT2D eigenvalue weighted by molar-refractivity contribution is 14.0. The minimum Gasteiger partial charge on any atom is -0.355 e. The van der Waals surface area contributed by atoms with Crippen molar-refractivity contribution in [2.45, 2.75) is 33.4 Å². The first-order chi connectivity index (χ1) is 10.1. The average Bonchev–Trinajstić information content (AvgIpc) is 2.47. The van der Waals surface area contributed by atoms with E-state index in [4.69, 9.17) is 0 Å². The lowest BCUT2D eigenvalue weighted by Gasteiger charge is -2.25. The van der Waals surface area contributed by atoms with E-state index in [0.717, 1.165) is 19.6 Å². The van der Waals surface area contributed by atoms with Crippen LogP contribution in [0.2, 0.25) is 0 Å². The van der Waals surface area contributed by atoms with E-state index in [1.54, 1.807) is 19.2 Å². The van der Waals surface area contributed by atoms with Gasteiger partial charge in [0.05, 0.1) is 0 Å². The predicted molar refractivity (Wildman–Crippen MR) is 102 cm³/mol. The van der Waals surface area contributed by atoms with Crippen LogP contribution in [0.15, 0.2) is 29.3 Å². The highest BCUT2D eigenvalue weighted by atomic mass is 127. The molecule has 0 unspecified atom stereocenters. The molecular weight excluding hydrogens is 394 g/mol. The number of benzene rings is 1. The zero-order valence-corrected chi connectivity index (χ0v) is 16.2. The molecule has 0 aliphatic carbocycles. The minimum atomic E-state index is -0.197. The van der Waals surface area contributed by atoms with Gasteiger partial charge in [-0.1, -0.05) is 25.1 Å². The molecule has 1 rings (SSSR count). The number of nitrogens with one attached hydrogen (secondary N) is 2. The van der Waals surface area contributed by atoms with Crippen LogP contribution in [0.1, 0.15) is 26.3 Å². The third kappa shape index (κ3) is 7.40. The van der Waals surface area contributed by atoms with Gasteiger partial charge in [0, 0.05) is 38.3 Å². The number of hydrogen-bond acceptors (Lipinski definition) is 2. The van der Waals surface area contributed by atoms with E-state index in [0.29, 0.717) is 24.1 Å². The van der Waals surface area contributed by atoms with E-state index < -0.39 is 0 Å². The van der Waals surface area contributed by atoms with Gasteiger partial charge in [-0.15, -0.1) is 24.0 Å². The van der Waals surface area contributed by atoms with Crippen LogP contribution in [-0.4, -0.2) is 43.6 Å². The molecule has 0 aromatic heterocycles. The van der Waals surface area contributed by atoms with Crippen LogP contribution in [0.5, 0.6) is 0 Å². The van der Waals surface area contributed by atoms with Gasteiger partial charge in [0.25, 0.3) is 0 Å². The van der Waals surface area contributed by atoms with Crippen molar-refractivity contribution in [2.75, 3.05) is 26.7 Å². The number of halogens is 2. The zero-order valence-electron chi connectivity index (χ0n) is 13.9. The van der Waals surface area contributed by atoms with E-state index in [1.165, 1.54) is 6.07 Å². The van der Waals surface area contributed by atoms with Crippen molar-refractivity contribution in [3.8, 4) is 0 Å². The largest absolute Gasteiger partial charge is 0.355 e. The van der Waals surface area contributed by atoms with Gasteiger partial charge >= 0.3 is 0 Å². The van der Waals surface area contributed by atoms with Crippen LogP contribution in [0.3, 0.4) is 0 Å². The van der Waals surface area contributed by atoms with E-state index in [1.807, 2.05) is 6.07 Å². The van der Waals surface area contributed by atoms with Crippen molar-refractivity contribution in [1.82, 2.24) is 15.5 Å². The molecule has 0 saturated carbocycles. The SMILES string of the molecule is CCN(CCNC(=NC)NCc1ccccc1F)C(C)C.I. The Balaban J connectivity index is 0.00000441. The summed E-state index contributed by atoms with van der Waals surface area (Å²) in [5.74, 6) is 0.496. The second-order valence-corrected chi connectivity index (χ2v) is 5.17. The molecule has 0 amide bonds. The van der Waals surface area contributed by atoms with Crippen molar-refractivity contribution in [3.05, 3.63) is 35.6 Å². The molecular formula is C16H28FIN4. The summed E-state index contributed by atoms with van der Waals surface area (Å²) in [4.78, 5) is 6.53. The summed E-state index contributed by atoms with van der Waals surface area (Å²) >= 11 is 0. The maximum atomic E-state index is 13.5. The lowest BCUT2D eigenvalue weighted by atomic mass is 10.2. The molecule has 0 atom stereocenters. The third-order valence-electron chi connectivity index (χ3n) is 3.46. The van der Waals surface area contributed by atoms with E-state index in [2.05, 4.69) is 41.3 Å². The molecule has 126 valence electrons. The van der Waals surface area contributed by atoms with Gasteiger partial charge in [-0.25, -0.2) is 4.39 Å². The van der Waals surface area contributed by atoms with E-state index in [-0.39, 0.29) is 29.8 Å². The Morgan fingerprint density at radius 3 is 2.50 bits per heavy atom. The molecule has 0 saturated heterocycles. The molecule has 0 aliphatic rings. The molecule has 1 aromatic rings. The van der Waals surface area contributed by atoms with Crippen LogP contribution in [-0.2, 0) is 6.54 Å². The van der Waals surface area contributed by atoms with Gasteiger partial charge < -0.3 is 10.6 Å². The van der Waals surface area contributed by atoms with E-state index in [9.17, 15) is 4.39 Å². The van der Waals surface area contributed by atoms with Crippen molar-refractivity contribution in [3.63, 3.8) is 0 Å². The molecule has 0 aliphatic heterocycles. The van der Waals surface area contributed by atoms with Gasteiger partial charge in [-0.3, -0.25) is 9.89 Å². The summed E-state index contributed by atoms with van der Waals surface area (Å²) in [5, 5.41) is 6.38. The molecule has 2 N–H and O–H groups in total. The molecule has 22 heavy (non-hydrogen) atoms. The van der Waals surface area contributed by atoms with Crippen LogP contribution in [0.4, 0.5) is 4.39 Å². The third-order valence-corrected chi connectivity index (χ3v) is 3.46. The smallest absolute Gasteiger partial charge is 0.191 e. The number of rotatable bonds is 7. The Labute approximate surface area is 150 Å². The van der Waals surface area contributed by atoms with Crippen molar-refractivity contribution >= 4 is 29.9 Å². The number of hydrogen-bond donors (Lipinski definition) is 2. The Kier molecular flexibility index (Phi) is 11.2. The zero-order chi connectivity index (χ0) is 15.7. The summed E-state index contributed by atoms with van der Waals surface area (Å²) < 4.78 is 13.5. The molecule has 6 heteroatoms. The standard InChI is InChI=1S/C16H27FN4.HI/c1-5-21(13(2)3)11-10-19-16(18-4)20-12-14-8-6-7-9-15(14)17;/h6-9,13H,5,10-12H2,1-4H3,(H2,18,19,20);1H. The molecule has 0 heterocycles. The van der Waals surface area contributed by atoms with Gasteiger partial charge in [-0.2, -0.15) is 0 Å². The van der Waals surface area contributed by atoms with Crippen molar-refractivity contribution < 1.29 is 4.39 Å². The number of nitrogens with zero attached hydrogens (tertiary/aromatic N) is 2. The normalized spacial score (nSPS) is 11.5. The first-order valence-electron chi connectivity index (χ1n) is 7.50. The summed E-state index contributed by atoms with van der Waals surface area (Å²) in [6, 6.07) is 7.29. The lowest BCUT2D eigenvalue weighted by Crippen LogP contribution is -2.42. The maximum Gasteiger partial charge on any atom is 0.191 e. The highest BCUT2D eigenvalue weighted by Crippen LogP contribution is 2.05. The first kappa shape index (κ1) is 21.1. The Hall–Kier alpha value is -0.890. The molecule has 1 aromatic carbocycles. The molecule has 0 radical (unpaired) electrons. The van der Waals surface area contributed by atoms with E-state index >= 15 is 0 Å². The molecule has 4 nitrogen and oxygen atoms in total. The molecule has 0 fully saturated rings. The van der Waals surface area contributed by atoms with Gasteiger partial charge in [-0.05, 0) is 26.5 Å². The Morgan fingerprint density at radius 1 is 1.27 bits per heavy atom. The summed E-state index contributed by atoms with van der Waals surface area (Å²) in [5.41, 5.74) is 0.637. The van der Waals surface area contributed by atoms with Crippen LogP contribution < -0.4 is 10.6 Å². The van der Waals surface area contributed by atoms with Crippen molar-refractivity contribution in [1.29, 1.82) is 0 Å². The predicted octanol–water partition coefficient (Wildman–Crippen LogP) is 2.84. The van der Waals surface area contributed by atoms with Crippen LogP contribution in [0.25, 0.3) is 0 Å². The van der Waals surface area contributed by atoms with Crippen LogP contribution >= 0.6 is 24.0 Å². The summed E-state index contributed by atoms with van der Waals surface area (Å²) in [7, 11) is 1.72. The summed E-state index contributed by atoms with van der Waals surface area (Å²) in [6.45, 7) is 9.75. The van der Waals surface area contributed by atoms with Gasteiger partial charge in [0.1, 0.15) is 5.82 Å². The molecule has 0 bridgehead atoms. The Bertz CT molecular complexity index is 452. The number of aliphatic imine (C=N–C) groups is 1. The lowest BCUT2D eigenvalue weighted by molar-refractivity contribution is 0.237. The quantitative estimate of drug-likeness (QED) is 0.404. The topological polar surface area (TPSA) is 39.7 Å². The van der Waals surface area contributed by atoms with Crippen molar-refractivity contribution in [2.24, 2.45) is 4.99 Å². The summed E-state index contributed by atoms with van der Waals surface area (Å²) in [6.07, 6.45) is 0. The fourth-order valence-corrected chi connectivity index (χ4v) is 2.14. The fourth-order valence-electron chi connectivity index (χ4n) is 2.14. The second-order valence-electron chi connectivity index (χ2n) is 5.17. The number of likely N-dealkylation sites (N-methyl/N-ethyl adjacent to an activating group) is 1.